The van der Waals surface area contributed by atoms with E-state index in [9.17, 15) is 18.0 Å². The van der Waals surface area contributed by atoms with Crippen molar-refractivity contribution < 1.29 is 18.0 Å². The monoisotopic (exact) mass is 296 g/mol. The van der Waals surface area contributed by atoms with Crippen LogP contribution in [0.5, 0.6) is 0 Å². The lowest BCUT2D eigenvalue weighted by molar-refractivity contribution is -0.141. The summed E-state index contributed by atoms with van der Waals surface area (Å²) in [5.41, 5.74) is -0.160. The van der Waals surface area contributed by atoms with Crippen LogP contribution in [0.15, 0.2) is 37.1 Å². The van der Waals surface area contributed by atoms with Gasteiger partial charge in [-0.2, -0.15) is 13.2 Å². The maximum atomic E-state index is 12.4. The van der Waals surface area contributed by atoms with E-state index in [2.05, 4.69) is 15.0 Å². The summed E-state index contributed by atoms with van der Waals surface area (Å²) in [6, 6.07) is 2.18. The number of aromatic nitrogens is 3. The van der Waals surface area contributed by atoms with Crippen molar-refractivity contribution in [2.24, 2.45) is 0 Å². The molecule has 0 saturated carbocycles. The highest BCUT2D eigenvalue weighted by molar-refractivity contribution is 5.93. The lowest BCUT2D eigenvalue weighted by atomic mass is 10.2. The third kappa shape index (κ3) is 3.74. The Morgan fingerprint density at radius 3 is 2.38 bits per heavy atom. The second-order valence-electron chi connectivity index (χ2n) is 4.34. The molecule has 0 aliphatic carbocycles. The van der Waals surface area contributed by atoms with E-state index in [0.717, 1.165) is 12.3 Å². The predicted molar refractivity (Wildman–Crippen MR) is 67.1 cm³/mol. The third-order valence-corrected chi connectivity index (χ3v) is 2.69. The fourth-order valence-electron chi connectivity index (χ4n) is 1.66. The Labute approximate surface area is 118 Å². The summed E-state index contributed by atoms with van der Waals surface area (Å²) in [5, 5.41) is 0. The predicted octanol–water partition coefficient (Wildman–Crippen LogP) is 2.16. The van der Waals surface area contributed by atoms with Crippen molar-refractivity contribution in [3.63, 3.8) is 0 Å². The Hall–Kier alpha value is -2.51. The Kier molecular flexibility index (Phi) is 4.15. The lowest BCUT2D eigenvalue weighted by Crippen LogP contribution is -2.26. The molecule has 1 amide bonds. The Balaban J connectivity index is 2.06. The number of carbonyl (C=O) groups excluding carboxylic acids is 1. The molecule has 5 nitrogen and oxygen atoms in total. The minimum atomic E-state index is -4.47. The zero-order valence-electron chi connectivity index (χ0n) is 11.0. The van der Waals surface area contributed by atoms with Crippen molar-refractivity contribution in [3.05, 3.63) is 53.9 Å². The number of rotatable bonds is 3. The molecule has 0 bridgehead atoms. The van der Waals surface area contributed by atoms with Crippen LogP contribution in [-0.4, -0.2) is 32.8 Å². The fourth-order valence-corrected chi connectivity index (χ4v) is 1.66. The number of amides is 1. The molecule has 110 valence electrons. The molecule has 8 heteroatoms. The molecule has 0 saturated heterocycles. The first-order valence-corrected chi connectivity index (χ1v) is 5.90. The first-order chi connectivity index (χ1) is 9.88. The minimum Gasteiger partial charge on any atom is -0.337 e. The van der Waals surface area contributed by atoms with Gasteiger partial charge in [0.15, 0.2) is 0 Å². The highest BCUT2D eigenvalue weighted by Crippen LogP contribution is 2.27. The van der Waals surface area contributed by atoms with Gasteiger partial charge in [0, 0.05) is 32.2 Å². The Bertz CT molecular complexity index is 614. The summed E-state index contributed by atoms with van der Waals surface area (Å²) in [5.74, 6) is -0.324. The molecule has 0 atom stereocenters. The molecule has 0 aliphatic heterocycles. The third-order valence-electron chi connectivity index (χ3n) is 2.69. The van der Waals surface area contributed by atoms with Gasteiger partial charge in [-0.1, -0.05) is 6.07 Å². The maximum Gasteiger partial charge on any atom is 0.433 e. The summed E-state index contributed by atoms with van der Waals surface area (Å²) in [6.45, 7) is 0.138. The Morgan fingerprint density at radius 1 is 1.19 bits per heavy atom. The molecule has 0 spiro atoms. The number of nitrogens with zero attached hydrogens (tertiary/aromatic N) is 4. The molecule has 0 radical (unpaired) electrons. The maximum absolute atomic E-state index is 12.4. The van der Waals surface area contributed by atoms with Crippen molar-refractivity contribution in [1.29, 1.82) is 0 Å². The van der Waals surface area contributed by atoms with Crippen molar-refractivity contribution in [1.82, 2.24) is 19.9 Å². The number of hydrogen-bond acceptors (Lipinski definition) is 4. The first-order valence-electron chi connectivity index (χ1n) is 5.90. The zero-order valence-corrected chi connectivity index (χ0v) is 11.0. The average molecular weight is 296 g/mol. The van der Waals surface area contributed by atoms with Crippen LogP contribution in [0.3, 0.4) is 0 Å². The molecule has 2 aromatic heterocycles. The van der Waals surface area contributed by atoms with Gasteiger partial charge in [0.1, 0.15) is 12.0 Å². The first kappa shape index (κ1) is 14.9. The molecule has 2 aromatic rings. The fraction of sp³-hybridized carbons (Fsp3) is 0.231. The van der Waals surface area contributed by atoms with Gasteiger partial charge in [-0.05, 0) is 11.6 Å². The van der Waals surface area contributed by atoms with Crippen LogP contribution in [-0.2, 0) is 12.7 Å². The van der Waals surface area contributed by atoms with Crippen molar-refractivity contribution >= 4 is 5.91 Å². The van der Waals surface area contributed by atoms with Crippen molar-refractivity contribution in [2.45, 2.75) is 12.7 Å². The second-order valence-corrected chi connectivity index (χ2v) is 4.34. The Morgan fingerprint density at radius 2 is 1.86 bits per heavy atom. The summed E-state index contributed by atoms with van der Waals surface area (Å²) >= 11 is 0. The smallest absolute Gasteiger partial charge is 0.337 e. The van der Waals surface area contributed by atoms with Crippen molar-refractivity contribution in [2.75, 3.05) is 7.05 Å². The van der Waals surface area contributed by atoms with Crippen LogP contribution in [0.25, 0.3) is 0 Å². The highest BCUT2D eigenvalue weighted by Gasteiger charge is 2.32. The number of halogens is 3. The van der Waals surface area contributed by atoms with Gasteiger partial charge in [0.25, 0.3) is 5.91 Å². The van der Waals surface area contributed by atoms with E-state index in [1.54, 1.807) is 0 Å². The van der Waals surface area contributed by atoms with Gasteiger partial charge in [-0.25, -0.2) is 9.97 Å². The molecule has 0 unspecified atom stereocenters. The zero-order chi connectivity index (χ0) is 15.5. The largest absolute Gasteiger partial charge is 0.433 e. The number of alkyl halides is 3. The SMILES string of the molecule is CN(Cc1ccc(C(F)(F)F)nc1)C(=O)c1cncnc1. The van der Waals surface area contributed by atoms with Gasteiger partial charge >= 0.3 is 6.18 Å². The molecule has 2 heterocycles. The summed E-state index contributed by atoms with van der Waals surface area (Å²) in [6.07, 6.45) is 0.681. The van der Waals surface area contributed by atoms with E-state index < -0.39 is 11.9 Å². The van der Waals surface area contributed by atoms with E-state index in [0.29, 0.717) is 11.1 Å². The quantitative estimate of drug-likeness (QED) is 0.871. The van der Waals surface area contributed by atoms with Crippen LogP contribution < -0.4 is 0 Å². The number of hydrogen-bond donors (Lipinski definition) is 0. The van der Waals surface area contributed by atoms with Crippen LogP contribution >= 0.6 is 0 Å². The molecular weight excluding hydrogens is 285 g/mol. The minimum absolute atomic E-state index is 0.138. The lowest BCUT2D eigenvalue weighted by Gasteiger charge is -2.17. The highest BCUT2D eigenvalue weighted by atomic mass is 19.4. The number of carbonyl (C=O) groups is 1. The van der Waals surface area contributed by atoms with E-state index in [1.807, 2.05) is 0 Å². The van der Waals surface area contributed by atoms with Gasteiger partial charge in [0.05, 0.1) is 5.56 Å². The molecule has 2 rings (SSSR count). The summed E-state index contributed by atoms with van der Waals surface area (Å²) < 4.78 is 37.2. The van der Waals surface area contributed by atoms with Gasteiger partial charge in [-0.15, -0.1) is 0 Å². The normalized spacial score (nSPS) is 11.2. The molecular formula is C13H11F3N4O. The van der Waals surface area contributed by atoms with E-state index >= 15 is 0 Å². The molecule has 0 fully saturated rings. The summed E-state index contributed by atoms with van der Waals surface area (Å²) in [4.78, 5) is 24.2. The molecule has 0 N–H and O–H groups in total. The van der Waals surface area contributed by atoms with Crippen LogP contribution in [0.2, 0.25) is 0 Å². The van der Waals surface area contributed by atoms with Gasteiger partial charge in [0.2, 0.25) is 0 Å². The molecule has 21 heavy (non-hydrogen) atoms. The average Bonchev–Trinajstić information content (AvgIpc) is 2.47. The topological polar surface area (TPSA) is 59.0 Å². The van der Waals surface area contributed by atoms with E-state index in [-0.39, 0.29) is 12.5 Å². The molecule has 0 aliphatic rings. The number of pyridine rings is 1. The van der Waals surface area contributed by atoms with Crippen LogP contribution in [0.4, 0.5) is 13.2 Å². The molecule has 0 aromatic carbocycles. The van der Waals surface area contributed by atoms with Crippen molar-refractivity contribution in [3.8, 4) is 0 Å². The second kappa shape index (κ2) is 5.86. The standard InChI is InChI=1S/C13H11F3N4O/c1-20(12(21)10-5-17-8-18-6-10)7-9-2-3-11(19-4-9)13(14,15)16/h2-6,8H,7H2,1H3. The van der Waals surface area contributed by atoms with Crippen LogP contribution in [0, 0.1) is 0 Å². The van der Waals surface area contributed by atoms with Crippen LogP contribution in [0.1, 0.15) is 21.6 Å². The van der Waals surface area contributed by atoms with E-state index in [1.165, 1.54) is 36.7 Å². The van der Waals surface area contributed by atoms with Gasteiger partial charge in [-0.3, -0.25) is 9.78 Å². The summed E-state index contributed by atoms with van der Waals surface area (Å²) in [7, 11) is 1.53. The van der Waals surface area contributed by atoms with E-state index in [4.69, 9.17) is 0 Å². The van der Waals surface area contributed by atoms with Gasteiger partial charge < -0.3 is 4.90 Å².